The van der Waals surface area contributed by atoms with Gasteiger partial charge in [0, 0.05) is 25.2 Å². The standard InChI is InChI=1S/C15H19BrFN3/c1-4-18-15(9-12-7-10(2)19-20(12)3)11-5-6-13(16)14(17)8-11/h5-8,15,18H,4,9H2,1-3H3. The fourth-order valence-electron chi connectivity index (χ4n) is 2.35. The summed E-state index contributed by atoms with van der Waals surface area (Å²) in [6, 6.07) is 7.44. The predicted molar refractivity (Wildman–Crippen MR) is 82.2 cm³/mol. The van der Waals surface area contributed by atoms with Crippen LogP contribution in [0.5, 0.6) is 0 Å². The minimum atomic E-state index is -0.230. The van der Waals surface area contributed by atoms with Gasteiger partial charge in [0.2, 0.25) is 0 Å². The Morgan fingerprint density at radius 1 is 1.40 bits per heavy atom. The second-order valence-electron chi connectivity index (χ2n) is 4.89. The first-order valence-electron chi connectivity index (χ1n) is 6.69. The molecule has 2 aromatic rings. The van der Waals surface area contributed by atoms with Crippen LogP contribution in [0.1, 0.15) is 29.9 Å². The summed E-state index contributed by atoms with van der Waals surface area (Å²) in [5.41, 5.74) is 3.09. The van der Waals surface area contributed by atoms with Crippen LogP contribution in [0.2, 0.25) is 0 Å². The third-order valence-electron chi connectivity index (χ3n) is 3.31. The van der Waals surface area contributed by atoms with Gasteiger partial charge < -0.3 is 5.32 Å². The number of nitrogens with zero attached hydrogens (tertiary/aromatic N) is 2. The van der Waals surface area contributed by atoms with Crippen LogP contribution < -0.4 is 5.32 Å². The fourth-order valence-corrected chi connectivity index (χ4v) is 2.59. The second kappa shape index (κ2) is 6.50. The van der Waals surface area contributed by atoms with Gasteiger partial charge in [-0.05, 0) is 53.2 Å². The maximum Gasteiger partial charge on any atom is 0.137 e. The number of benzene rings is 1. The summed E-state index contributed by atoms with van der Waals surface area (Å²) in [5.74, 6) is -0.230. The van der Waals surface area contributed by atoms with E-state index in [0.29, 0.717) is 4.47 Å². The molecule has 0 spiro atoms. The lowest BCUT2D eigenvalue weighted by Gasteiger charge is -2.18. The van der Waals surface area contributed by atoms with Crippen LogP contribution in [-0.4, -0.2) is 16.3 Å². The molecule has 108 valence electrons. The van der Waals surface area contributed by atoms with Crippen LogP contribution >= 0.6 is 15.9 Å². The number of rotatable bonds is 5. The van der Waals surface area contributed by atoms with Crippen LogP contribution in [0, 0.1) is 12.7 Å². The maximum absolute atomic E-state index is 13.7. The van der Waals surface area contributed by atoms with Crippen molar-refractivity contribution in [3.63, 3.8) is 0 Å². The minimum absolute atomic E-state index is 0.0809. The highest BCUT2D eigenvalue weighted by atomic mass is 79.9. The molecular formula is C15H19BrFN3. The van der Waals surface area contributed by atoms with E-state index in [1.807, 2.05) is 24.7 Å². The van der Waals surface area contributed by atoms with E-state index in [0.717, 1.165) is 29.9 Å². The zero-order valence-electron chi connectivity index (χ0n) is 12.0. The molecule has 0 fully saturated rings. The zero-order chi connectivity index (χ0) is 14.7. The molecule has 0 aliphatic heterocycles. The molecule has 0 aliphatic rings. The van der Waals surface area contributed by atoms with Crippen LogP contribution in [0.15, 0.2) is 28.7 Å². The average molecular weight is 340 g/mol. The van der Waals surface area contributed by atoms with Gasteiger partial charge in [0.15, 0.2) is 0 Å². The van der Waals surface area contributed by atoms with Crippen molar-refractivity contribution < 1.29 is 4.39 Å². The SMILES string of the molecule is CCNC(Cc1cc(C)nn1C)c1ccc(Br)c(F)c1. The molecule has 1 aromatic carbocycles. The third-order valence-corrected chi connectivity index (χ3v) is 3.95. The molecule has 0 radical (unpaired) electrons. The molecule has 0 saturated heterocycles. The van der Waals surface area contributed by atoms with E-state index < -0.39 is 0 Å². The maximum atomic E-state index is 13.7. The lowest BCUT2D eigenvalue weighted by molar-refractivity contribution is 0.523. The summed E-state index contributed by atoms with van der Waals surface area (Å²) in [7, 11) is 1.94. The van der Waals surface area contributed by atoms with Crippen molar-refractivity contribution in [2.45, 2.75) is 26.3 Å². The van der Waals surface area contributed by atoms with E-state index in [9.17, 15) is 4.39 Å². The van der Waals surface area contributed by atoms with Crippen molar-refractivity contribution in [1.82, 2.24) is 15.1 Å². The van der Waals surface area contributed by atoms with E-state index >= 15 is 0 Å². The Hall–Kier alpha value is -1.20. The number of aryl methyl sites for hydroxylation is 2. The number of hydrogen-bond donors (Lipinski definition) is 1. The van der Waals surface area contributed by atoms with Crippen molar-refractivity contribution in [2.24, 2.45) is 7.05 Å². The van der Waals surface area contributed by atoms with Crippen LogP contribution in [0.4, 0.5) is 4.39 Å². The van der Waals surface area contributed by atoms with Crippen LogP contribution in [0.25, 0.3) is 0 Å². The molecule has 2 rings (SSSR count). The average Bonchev–Trinajstić information content (AvgIpc) is 2.71. The molecule has 1 atom stereocenters. The Labute approximate surface area is 127 Å². The van der Waals surface area contributed by atoms with Gasteiger partial charge in [-0.3, -0.25) is 4.68 Å². The van der Waals surface area contributed by atoms with Gasteiger partial charge >= 0.3 is 0 Å². The van der Waals surface area contributed by atoms with Crippen molar-refractivity contribution in [2.75, 3.05) is 6.54 Å². The molecular weight excluding hydrogens is 321 g/mol. The fraction of sp³-hybridized carbons (Fsp3) is 0.400. The van der Waals surface area contributed by atoms with Gasteiger partial charge in [0.05, 0.1) is 10.2 Å². The van der Waals surface area contributed by atoms with Crippen LogP contribution in [-0.2, 0) is 13.5 Å². The third kappa shape index (κ3) is 3.46. The summed E-state index contributed by atoms with van der Waals surface area (Å²) in [4.78, 5) is 0. The summed E-state index contributed by atoms with van der Waals surface area (Å²) in [6.07, 6.45) is 0.784. The topological polar surface area (TPSA) is 29.9 Å². The highest BCUT2D eigenvalue weighted by Crippen LogP contribution is 2.23. The number of halogens is 2. The molecule has 1 aromatic heterocycles. The van der Waals surface area contributed by atoms with Crippen molar-refractivity contribution in [1.29, 1.82) is 0 Å². The molecule has 0 amide bonds. The molecule has 0 saturated carbocycles. The van der Waals surface area contributed by atoms with E-state index in [-0.39, 0.29) is 11.9 Å². The molecule has 1 N–H and O–H groups in total. The second-order valence-corrected chi connectivity index (χ2v) is 5.74. The Bertz CT molecular complexity index is 595. The van der Waals surface area contributed by atoms with Gasteiger partial charge in [-0.2, -0.15) is 5.10 Å². The van der Waals surface area contributed by atoms with E-state index in [1.165, 1.54) is 0 Å². The van der Waals surface area contributed by atoms with Crippen molar-refractivity contribution in [3.05, 3.63) is 51.5 Å². The van der Waals surface area contributed by atoms with Gasteiger partial charge in [-0.15, -0.1) is 0 Å². The van der Waals surface area contributed by atoms with Crippen molar-refractivity contribution in [3.8, 4) is 0 Å². The Morgan fingerprint density at radius 2 is 2.15 bits per heavy atom. The van der Waals surface area contributed by atoms with Gasteiger partial charge in [-0.1, -0.05) is 13.0 Å². The first kappa shape index (κ1) is 15.2. The summed E-state index contributed by atoms with van der Waals surface area (Å²) in [5, 5.41) is 7.76. The molecule has 20 heavy (non-hydrogen) atoms. The molecule has 1 heterocycles. The molecule has 5 heteroatoms. The largest absolute Gasteiger partial charge is 0.310 e. The summed E-state index contributed by atoms with van der Waals surface area (Å²) in [6.45, 7) is 4.86. The zero-order valence-corrected chi connectivity index (χ0v) is 13.5. The summed E-state index contributed by atoms with van der Waals surface area (Å²) < 4.78 is 16.1. The van der Waals surface area contributed by atoms with Gasteiger partial charge in [-0.25, -0.2) is 4.39 Å². The predicted octanol–water partition coefficient (Wildman–Crippen LogP) is 3.52. The Balaban J connectivity index is 2.26. The Kier molecular flexibility index (Phi) is 4.94. The first-order valence-corrected chi connectivity index (χ1v) is 7.48. The summed E-state index contributed by atoms with van der Waals surface area (Å²) >= 11 is 3.19. The van der Waals surface area contributed by atoms with Crippen LogP contribution in [0.3, 0.4) is 0 Å². The number of hydrogen-bond acceptors (Lipinski definition) is 2. The molecule has 0 bridgehead atoms. The Morgan fingerprint density at radius 3 is 2.70 bits per heavy atom. The first-order chi connectivity index (χ1) is 9.51. The monoisotopic (exact) mass is 339 g/mol. The number of nitrogens with one attached hydrogen (secondary N) is 1. The molecule has 0 aliphatic carbocycles. The van der Waals surface area contributed by atoms with E-state index in [4.69, 9.17) is 0 Å². The van der Waals surface area contributed by atoms with Gasteiger partial charge in [0.25, 0.3) is 0 Å². The highest BCUT2D eigenvalue weighted by molar-refractivity contribution is 9.10. The van der Waals surface area contributed by atoms with Gasteiger partial charge in [0.1, 0.15) is 5.82 Å². The van der Waals surface area contributed by atoms with Crippen molar-refractivity contribution >= 4 is 15.9 Å². The minimum Gasteiger partial charge on any atom is -0.310 e. The number of aromatic nitrogens is 2. The lowest BCUT2D eigenvalue weighted by Crippen LogP contribution is -2.24. The van der Waals surface area contributed by atoms with E-state index in [1.54, 1.807) is 12.1 Å². The molecule has 3 nitrogen and oxygen atoms in total. The number of likely N-dealkylation sites (N-methyl/N-ethyl adjacent to an activating group) is 1. The molecule has 1 unspecified atom stereocenters. The van der Waals surface area contributed by atoms with E-state index in [2.05, 4.69) is 39.3 Å². The quantitative estimate of drug-likeness (QED) is 0.903. The lowest BCUT2D eigenvalue weighted by atomic mass is 10.0. The highest BCUT2D eigenvalue weighted by Gasteiger charge is 2.15. The smallest absolute Gasteiger partial charge is 0.137 e. The normalized spacial score (nSPS) is 12.7.